The van der Waals surface area contributed by atoms with Crippen LogP contribution in [0.5, 0.6) is 5.75 Å². The van der Waals surface area contributed by atoms with Crippen molar-refractivity contribution in [2.45, 2.75) is 6.54 Å². The first kappa shape index (κ1) is 25.4. The molecule has 1 amide bonds. The second kappa shape index (κ2) is 11.9. The number of nitrogens with one attached hydrogen (secondary N) is 2. The molecule has 1 aliphatic rings. The topological polar surface area (TPSA) is 56.8 Å². The van der Waals surface area contributed by atoms with E-state index in [4.69, 9.17) is 28.6 Å². The first-order valence-corrected chi connectivity index (χ1v) is 12.8. The molecule has 1 saturated heterocycles. The lowest BCUT2D eigenvalue weighted by Gasteiger charge is -2.36. The Morgan fingerprint density at radius 2 is 1.77 bits per heavy atom. The molecule has 0 radical (unpaired) electrons. The van der Waals surface area contributed by atoms with E-state index >= 15 is 0 Å². The molecule has 6 nitrogen and oxygen atoms in total. The van der Waals surface area contributed by atoms with Crippen LogP contribution in [0, 0.1) is 0 Å². The lowest BCUT2D eigenvalue weighted by Crippen LogP contribution is -2.46. The monoisotopic (exact) mass is 572 g/mol. The fourth-order valence-electron chi connectivity index (χ4n) is 3.98. The molecule has 3 aromatic carbocycles. The second-order valence-corrected chi connectivity index (χ2v) is 9.89. The molecule has 0 aliphatic carbocycles. The minimum atomic E-state index is -0.341. The summed E-state index contributed by atoms with van der Waals surface area (Å²) in [4.78, 5) is 17.4. The van der Waals surface area contributed by atoms with E-state index in [0.29, 0.717) is 11.3 Å². The predicted molar refractivity (Wildman–Crippen MR) is 150 cm³/mol. The lowest BCUT2D eigenvalue weighted by atomic mass is 10.2. The molecule has 0 unspecified atom stereocenters. The van der Waals surface area contributed by atoms with E-state index in [0.717, 1.165) is 53.6 Å². The van der Waals surface area contributed by atoms with Gasteiger partial charge in [0.15, 0.2) is 5.11 Å². The number of piperazine rings is 1. The Bertz CT molecular complexity index is 1200. The SMILES string of the molecule is COc1ccc(Br)cc1C(=O)NC(=S)Nc1ccc(N2CCN(Cc3ccccc3Cl)CC2)cc1. The van der Waals surface area contributed by atoms with Gasteiger partial charge in [0, 0.05) is 53.6 Å². The number of thiocarbonyl (C=S) groups is 1. The van der Waals surface area contributed by atoms with Crippen molar-refractivity contribution in [3.05, 3.63) is 87.4 Å². The number of hydrogen-bond acceptors (Lipinski definition) is 5. The second-order valence-electron chi connectivity index (χ2n) is 8.15. The van der Waals surface area contributed by atoms with Gasteiger partial charge in [-0.1, -0.05) is 45.7 Å². The molecule has 1 aliphatic heterocycles. The highest BCUT2D eigenvalue weighted by Crippen LogP contribution is 2.24. The number of anilines is 2. The van der Waals surface area contributed by atoms with Gasteiger partial charge in [0.25, 0.3) is 5.91 Å². The number of methoxy groups -OCH3 is 1. The van der Waals surface area contributed by atoms with Gasteiger partial charge in [0.05, 0.1) is 12.7 Å². The fraction of sp³-hybridized carbons (Fsp3) is 0.231. The summed E-state index contributed by atoms with van der Waals surface area (Å²) in [6, 6.07) is 21.3. The van der Waals surface area contributed by atoms with Crippen molar-refractivity contribution in [1.82, 2.24) is 10.2 Å². The Hall–Kier alpha value is -2.65. The molecular formula is C26H26BrClN4O2S. The van der Waals surface area contributed by atoms with Gasteiger partial charge < -0.3 is 15.0 Å². The minimum absolute atomic E-state index is 0.220. The summed E-state index contributed by atoms with van der Waals surface area (Å²) in [7, 11) is 1.52. The van der Waals surface area contributed by atoms with Crippen molar-refractivity contribution in [2.24, 2.45) is 0 Å². The highest BCUT2D eigenvalue weighted by atomic mass is 79.9. The van der Waals surface area contributed by atoms with Crippen LogP contribution in [0.2, 0.25) is 5.02 Å². The first-order valence-electron chi connectivity index (χ1n) is 11.2. The number of halogens is 2. The third-order valence-corrected chi connectivity index (χ3v) is 6.91. The molecule has 0 saturated carbocycles. The van der Waals surface area contributed by atoms with E-state index in [-0.39, 0.29) is 11.0 Å². The van der Waals surface area contributed by atoms with Gasteiger partial charge in [0.1, 0.15) is 5.75 Å². The largest absolute Gasteiger partial charge is 0.496 e. The van der Waals surface area contributed by atoms with Gasteiger partial charge in [-0.25, -0.2) is 0 Å². The quantitative estimate of drug-likeness (QED) is 0.377. The number of rotatable bonds is 6. The maximum Gasteiger partial charge on any atom is 0.261 e. The van der Waals surface area contributed by atoms with Crippen LogP contribution in [-0.4, -0.2) is 49.2 Å². The summed E-state index contributed by atoms with van der Waals surface area (Å²) < 4.78 is 6.05. The number of amides is 1. The summed E-state index contributed by atoms with van der Waals surface area (Å²) >= 11 is 15.0. The Morgan fingerprint density at radius 1 is 1.06 bits per heavy atom. The lowest BCUT2D eigenvalue weighted by molar-refractivity contribution is 0.0974. The highest BCUT2D eigenvalue weighted by Gasteiger charge is 2.18. The minimum Gasteiger partial charge on any atom is -0.496 e. The third kappa shape index (κ3) is 6.73. The van der Waals surface area contributed by atoms with Gasteiger partial charge in [-0.3, -0.25) is 15.0 Å². The van der Waals surface area contributed by atoms with Crippen LogP contribution in [0.4, 0.5) is 11.4 Å². The van der Waals surface area contributed by atoms with Crippen LogP contribution >= 0.6 is 39.7 Å². The van der Waals surface area contributed by atoms with Crippen molar-refractivity contribution >= 4 is 62.1 Å². The van der Waals surface area contributed by atoms with E-state index in [9.17, 15) is 4.79 Å². The maximum atomic E-state index is 12.6. The zero-order chi connectivity index (χ0) is 24.8. The van der Waals surface area contributed by atoms with Crippen molar-refractivity contribution in [2.75, 3.05) is 43.5 Å². The smallest absolute Gasteiger partial charge is 0.261 e. The number of hydrogen-bond donors (Lipinski definition) is 2. The molecule has 2 N–H and O–H groups in total. The van der Waals surface area contributed by atoms with Crippen LogP contribution in [-0.2, 0) is 6.54 Å². The summed E-state index contributed by atoms with van der Waals surface area (Å²) in [6.07, 6.45) is 0. The van der Waals surface area contributed by atoms with Gasteiger partial charge in [-0.15, -0.1) is 0 Å². The van der Waals surface area contributed by atoms with Gasteiger partial charge in [-0.2, -0.15) is 0 Å². The predicted octanol–water partition coefficient (Wildman–Crippen LogP) is 5.56. The van der Waals surface area contributed by atoms with Crippen molar-refractivity contribution < 1.29 is 9.53 Å². The van der Waals surface area contributed by atoms with E-state index in [1.807, 2.05) is 36.4 Å². The fourth-order valence-corrected chi connectivity index (χ4v) is 4.74. The zero-order valence-corrected chi connectivity index (χ0v) is 22.4. The molecule has 4 rings (SSSR count). The number of ether oxygens (including phenoxy) is 1. The molecule has 0 spiro atoms. The van der Waals surface area contributed by atoms with Crippen molar-refractivity contribution in [1.29, 1.82) is 0 Å². The van der Waals surface area contributed by atoms with E-state index in [1.54, 1.807) is 12.1 Å². The summed E-state index contributed by atoms with van der Waals surface area (Å²) in [5.41, 5.74) is 3.52. The number of carbonyl (C=O) groups is 1. The van der Waals surface area contributed by atoms with Crippen molar-refractivity contribution in [3.8, 4) is 5.75 Å². The Labute approximate surface area is 224 Å². The van der Waals surface area contributed by atoms with E-state index in [1.165, 1.54) is 12.7 Å². The van der Waals surface area contributed by atoms with Crippen LogP contribution < -0.4 is 20.3 Å². The Balaban J connectivity index is 1.28. The van der Waals surface area contributed by atoms with Gasteiger partial charge in [-0.05, 0) is 66.3 Å². The molecule has 1 fully saturated rings. The number of benzene rings is 3. The number of nitrogens with zero attached hydrogens (tertiary/aromatic N) is 2. The molecule has 182 valence electrons. The summed E-state index contributed by atoms with van der Waals surface area (Å²) in [5, 5.41) is 6.82. The average molecular weight is 574 g/mol. The van der Waals surface area contributed by atoms with E-state index in [2.05, 4.69) is 54.6 Å². The Kier molecular flexibility index (Phi) is 8.62. The zero-order valence-electron chi connectivity index (χ0n) is 19.3. The normalized spacial score (nSPS) is 13.9. The molecule has 35 heavy (non-hydrogen) atoms. The van der Waals surface area contributed by atoms with Crippen LogP contribution in [0.1, 0.15) is 15.9 Å². The van der Waals surface area contributed by atoms with Crippen LogP contribution in [0.15, 0.2) is 71.2 Å². The first-order chi connectivity index (χ1) is 16.9. The standard InChI is InChI=1S/C26H26BrClN4O2S/c1-34-24-11-6-19(27)16-22(24)25(33)30-26(35)29-20-7-9-21(10-8-20)32-14-12-31(13-15-32)17-18-4-2-3-5-23(18)28/h2-11,16H,12-15,17H2,1H3,(H2,29,30,33,35). The molecule has 3 aromatic rings. The molecule has 9 heteroatoms. The number of carbonyl (C=O) groups excluding carboxylic acids is 1. The van der Waals surface area contributed by atoms with Crippen LogP contribution in [0.25, 0.3) is 0 Å². The highest BCUT2D eigenvalue weighted by molar-refractivity contribution is 9.10. The molecule has 1 heterocycles. The summed E-state index contributed by atoms with van der Waals surface area (Å²) in [6.45, 7) is 4.70. The van der Waals surface area contributed by atoms with Gasteiger partial charge in [0.2, 0.25) is 0 Å². The van der Waals surface area contributed by atoms with Crippen LogP contribution in [0.3, 0.4) is 0 Å². The molecule has 0 bridgehead atoms. The van der Waals surface area contributed by atoms with Crippen molar-refractivity contribution in [3.63, 3.8) is 0 Å². The summed E-state index contributed by atoms with van der Waals surface area (Å²) in [5.74, 6) is 0.136. The van der Waals surface area contributed by atoms with Gasteiger partial charge >= 0.3 is 0 Å². The Morgan fingerprint density at radius 3 is 2.46 bits per heavy atom. The molecule has 0 aromatic heterocycles. The molecular weight excluding hydrogens is 548 g/mol. The third-order valence-electron chi connectivity index (χ3n) is 5.85. The molecule has 0 atom stereocenters. The average Bonchev–Trinajstić information content (AvgIpc) is 2.86. The maximum absolute atomic E-state index is 12.6. The van der Waals surface area contributed by atoms with E-state index < -0.39 is 0 Å².